The summed E-state index contributed by atoms with van der Waals surface area (Å²) in [6.45, 7) is 0. The minimum Gasteiger partial charge on any atom is -1.00 e. The molecule has 0 amide bonds. The standard InChI is InChI=1S/C10H10N2O6S2.2Na.2H/c11-5-1-7-8(10(3-5)20(16,17)18)2-6(12)4-9(7)19(13,14)15;;;;/h1-4H,11-12H2,(H,13,14,15)(H,16,17,18);;;;/q;2*+1;2*-1. The molecule has 112 valence electrons. The molecule has 0 aliphatic rings. The molecule has 6 N–H and O–H groups in total. The average molecular weight is 366 g/mol. The van der Waals surface area contributed by atoms with E-state index in [1.165, 1.54) is 0 Å². The van der Waals surface area contributed by atoms with Gasteiger partial charge in [-0.25, -0.2) is 0 Å². The Hall–Kier alpha value is 0.120. The maximum absolute atomic E-state index is 11.3. The second-order valence-corrected chi connectivity index (χ2v) is 6.86. The Kier molecular flexibility index (Phi) is 7.38. The van der Waals surface area contributed by atoms with Crippen LogP contribution in [0.3, 0.4) is 0 Å². The van der Waals surface area contributed by atoms with Crippen molar-refractivity contribution in [2.24, 2.45) is 0 Å². The second kappa shape index (κ2) is 7.34. The van der Waals surface area contributed by atoms with Crippen molar-refractivity contribution in [1.82, 2.24) is 0 Å². The Labute approximate surface area is 174 Å². The van der Waals surface area contributed by atoms with E-state index in [0.717, 1.165) is 24.3 Å². The third-order valence-electron chi connectivity index (χ3n) is 2.59. The number of anilines is 2. The number of nitrogen functional groups attached to an aromatic ring is 2. The van der Waals surface area contributed by atoms with Crippen LogP contribution in [0.1, 0.15) is 2.85 Å². The smallest absolute Gasteiger partial charge is 1.00 e. The first-order valence-corrected chi connectivity index (χ1v) is 7.96. The fourth-order valence-electron chi connectivity index (χ4n) is 1.86. The van der Waals surface area contributed by atoms with Gasteiger partial charge < -0.3 is 14.3 Å². The van der Waals surface area contributed by atoms with E-state index in [1.807, 2.05) is 0 Å². The topological polar surface area (TPSA) is 161 Å². The summed E-state index contributed by atoms with van der Waals surface area (Å²) in [6, 6.07) is 4.24. The van der Waals surface area contributed by atoms with Gasteiger partial charge in [0.1, 0.15) is 9.79 Å². The van der Waals surface area contributed by atoms with Crippen LogP contribution >= 0.6 is 0 Å². The van der Waals surface area contributed by atoms with Gasteiger partial charge in [-0.3, -0.25) is 9.11 Å². The number of nitrogens with two attached hydrogens (primary N) is 2. The zero-order valence-electron chi connectivity index (χ0n) is 13.8. The Morgan fingerprint density at radius 3 is 1.23 bits per heavy atom. The van der Waals surface area contributed by atoms with Crippen LogP contribution < -0.4 is 70.6 Å². The first-order chi connectivity index (χ1) is 9.00. The van der Waals surface area contributed by atoms with Crippen molar-refractivity contribution < 1.29 is 87.9 Å². The van der Waals surface area contributed by atoms with Gasteiger partial charge in [0.05, 0.1) is 0 Å². The van der Waals surface area contributed by atoms with Crippen LogP contribution in [0.25, 0.3) is 10.8 Å². The van der Waals surface area contributed by atoms with E-state index in [1.54, 1.807) is 0 Å². The summed E-state index contributed by atoms with van der Waals surface area (Å²) < 4.78 is 63.6. The van der Waals surface area contributed by atoms with E-state index < -0.39 is 30.0 Å². The van der Waals surface area contributed by atoms with E-state index in [9.17, 15) is 16.8 Å². The van der Waals surface area contributed by atoms with Gasteiger partial charge >= 0.3 is 59.1 Å². The molecule has 8 nitrogen and oxygen atoms in total. The summed E-state index contributed by atoms with van der Waals surface area (Å²) in [5.74, 6) is 0. The molecule has 0 radical (unpaired) electrons. The fourth-order valence-corrected chi connectivity index (χ4v) is 3.33. The van der Waals surface area contributed by atoms with Crippen molar-refractivity contribution >= 4 is 42.4 Å². The summed E-state index contributed by atoms with van der Waals surface area (Å²) in [4.78, 5) is -1.19. The number of benzene rings is 2. The van der Waals surface area contributed by atoms with Crippen LogP contribution in [-0.2, 0) is 20.2 Å². The minimum atomic E-state index is -4.64. The molecule has 0 aliphatic carbocycles. The number of hydrogen-bond acceptors (Lipinski definition) is 6. The largest absolute Gasteiger partial charge is 1.00 e. The van der Waals surface area contributed by atoms with E-state index >= 15 is 0 Å². The molecule has 2 aromatic carbocycles. The summed E-state index contributed by atoms with van der Waals surface area (Å²) in [6.07, 6.45) is 0. The Bertz CT molecular complexity index is 861. The van der Waals surface area contributed by atoms with E-state index in [2.05, 4.69) is 0 Å². The summed E-state index contributed by atoms with van der Waals surface area (Å²) in [7, 11) is -9.29. The van der Waals surface area contributed by atoms with Gasteiger partial charge in [-0.15, -0.1) is 0 Å². The van der Waals surface area contributed by atoms with Gasteiger partial charge in [0.15, 0.2) is 0 Å². The zero-order chi connectivity index (χ0) is 15.3. The van der Waals surface area contributed by atoms with Gasteiger partial charge in [-0.1, -0.05) is 0 Å². The number of rotatable bonds is 2. The second-order valence-electron chi connectivity index (χ2n) is 4.08. The van der Waals surface area contributed by atoms with E-state index in [-0.39, 0.29) is 84.1 Å². The van der Waals surface area contributed by atoms with Crippen molar-refractivity contribution in [2.75, 3.05) is 11.5 Å². The predicted molar refractivity (Wildman–Crippen MR) is 74.6 cm³/mol. The maximum atomic E-state index is 11.3. The number of hydrogen-bond donors (Lipinski definition) is 4. The monoisotopic (exact) mass is 366 g/mol. The molecule has 0 atom stereocenters. The van der Waals surface area contributed by atoms with Gasteiger partial charge in [-0.2, -0.15) is 16.8 Å². The molecule has 0 heterocycles. The van der Waals surface area contributed by atoms with Crippen LogP contribution in [0, 0.1) is 0 Å². The molecule has 2 rings (SSSR count). The van der Waals surface area contributed by atoms with Crippen LogP contribution in [0.2, 0.25) is 0 Å². The normalized spacial score (nSPS) is 11.5. The summed E-state index contributed by atoms with van der Waals surface area (Å²) >= 11 is 0. The molecule has 0 unspecified atom stereocenters. The van der Waals surface area contributed by atoms with Crippen LogP contribution in [0.15, 0.2) is 34.1 Å². The minimum absolute atomic E-state index is 0. The molecule has 12 heteroatoms. The molecular formula is C10H12N2Na2O6S2. The van der Waals surface area contributed by atoms with Crippen molar-refractivity contribution in [1.29, 1.82) is 0 Å². The quantitative estimate of drug-likeness (QED) is 0.233. The fraction of sp³-hybridized carbons (Fsp3) is 0. The maximum Gasteiger partial charge on any atom is 1.00 e. The van der Waals surface area contributed by atoms with Crippen molar-refractivity contribution in [3.63, 3.8) is 0 Å². The van der Waals surface area contributed by atoms with Crippen molar-refractivity contribution in [2.45, 2.75) is 9.79 Å². The van der Waals surface area contributed by atoms with Gasteiger partial charge in [0.2, 0.25) is 0 Å². The Balaban J connectivity index is -0.00000110. The zero-order valence-corrected chi connectivity index (χ0v) is 17.4. The average Bonchev–Trinajstić information content (AvgIpc) is 2.25. The summed E-state index contributed by atoms with van der Waals surface area (Å²) in [5, 5.41) is -0.316. The van der Waals surface area contributed by atoms with Crippen molar-refractivity contribution in [3.05, 3.63) is 24.3 Å². The molecule has 0 saturated carbocycles. The summed E-state index contributed by atoms with van der Waals surface area (Å²) in [5.41, 5.74) is 10.8. The SMILES string of the molecule is Nc1cc(S(=O)(=O)O)c2cc(N)cc(S(=O)(=O)O)c2c1.[H-].[H-].[Na+].[Na+]. The molecule has 22 heavy (non-hydrogen) atoms. The third kappa shape index (κ3) is 4.57. The van der Waals surface area contributed by atoms with E-state index in [4.69, 9.17) is 20.6 Å². The third-order valence-corrected chi connectivity index (χ3v) is 4.38. The van der Waals surface area contributed by atoms with Gasteiger partial charge in [0, 0.05) is 22.1 Å². The van der Waals surface area contributed by atoms with Gasteiger partial charge in [0.25, 0.3) is 20.2 Å². The molecule has 0 aliphatic heterocycles. The van der Waals surface area contributed by atoms with Crippen LogP contribution in [0.4, 0.5) is 11.4 Å². The Morgan fingerprint density at radius 2 is 1.00 bits per heavy atom. The molecule has 0 aromatic heterocycles. The predicted octanol–water partition coefficient (Wildman–Crippen LogP) is -5.27. The molecular weight excluding hydrogens is 354 g/mol. The molecule has 0 saturated heterocycles. The first kappa shape index (κ1) is 22.1. The van der Waals surface area contributed by atoms with Crippen molar-refractivity contribution in [3.8, 4) is 0 Å². The van der Waals surface area contributed by atoms with Crippen LogP contribution in [-0.4, -0.2) is 25.9 Å². The molecule has 0 bridgehead atoms. The van der Waals surface area contributed by atoms with Gasteiger partial charge in [-0.05, 0) is 24.3 Å². The molecule has 0 spiro atoms. The van der Waals surface area contributed by atoms with E-state index in [0.29, 0.717) is 0 Å². The Morgan fingerprint density at radius 1 is 0.727 bits per heavy atom. The molecule has 2 aromatic rings. The molecule has 0 fully saturated rings. The number of fused-ring (bicyclic) bond motifs is 1. The first-order valence-electron chi connectivity index (χ1n) is 5.08. The van der Waals surface area contributed by atoms with Crippen LogP contribution in [0.5, 0.6) is 0 Å².